The van der Waals surface area contributed by atoms with Crippen LogP contribution in [0.25, 0.3) is 0 Å². The second-order valence-corrected chi connectivity index (χ2v) is 8.40. The minimum Gasteiger partial charge on any atom is -0.313 e. The maximum Gasteiger partial charge on any atom is 0.213 e. The van der Waals surface area contributed by atoms with Crippen LogP contribution in [0.2, 0.25) is 0 Å². The van der Waals surface area contributed by atoms with E-state index in [9.17, 15) is 8.42 Å². The summed E-state index contributed by atoms with van der Waals surface area (Å²) in [5.74, 6) is 0.538. The Balaban J connectivity index is 2.40. The summed E-state index contributed by atoms with van der Waals surface area (Å²) in [5, 5.41) is 3.27. The summed E-state index contributed by atoms with van der Waals surface area (Å²) in [6.45, 7) is 9.95. The Morgan fingerprint density at radius 3 is 2.50 bits per heavy atom. The molecule has 0 saturated carbocycles. The van der Waals surface area contributed by atoms with Crippen LogP contribution in [0.5, 0.6) is 0 Å². The highest BCUT2D eigenvalue weighted by molar-refractivity contribution is 7.89. The number of sulfonamides is 1. The van der Waals surface area contributed by atoms with Crippen LogP contribution in [0, 0.1) is 11.3 Å². The Kier molecular flexibility index (Phi) is 5.62. The Bertz CT molecular complexity index is 340. The third-order valence-electron chi connectivity index (χ3n) is 3.92. The molecule has 0 amide bonds. The van der Waals surface area contributed by atoms with Crippen LogP contribution in [0.15, 0.2) is 0 Å². The van der Waals surface area contributed by atoms with Gasteiger partial charge in [-0.3, -0.25) is 0 Å². The Labute approximate surface area is 112 Å². The van der Waals surface area contributed by atoms with Crippen LogP contribution in [-0.2, 0) is 10.0 Å². The molecule has 1 saturated heterocycles. The molecule has 0 aromatic rings. The van der Waals surface area contributed by atoms with Crippen LogP contribution < -0.4 is 10.0 Å². The SMILES string of the molecule is CC(CNS(=O)(=O)CC1CCCCN1)C(C)(C)C. The Morgan fingerprint density at radius 2 is 2.00 bits per heavy atom. The summed E-state index contributed by atoms with van der Waals surface area (Å²) in [6.07, 6.45) is 3.26. The monoisotopic (exact) mass is 276 g/mol. The highest BCUT2D eigenvalue weighted by Crippen LogP contribution is 2.24. The lowest BCUT2D eigenvalue weighted by molar-refractivity contribution is 0.263. The summed E-state index contributed by atoms with van der Waals surface area (Å²) in [7, 11) is -3.15. The molecule has 5 heteroatoms. The van der Waals surface area contributed by atoms with Gasteiger partial charge < -0.3 is 5.32 Å². The Hall–Kier alpha value is -0.130. The predicted octanol–water partition coefficient (Wildman–Crippen LogP) is 1.73. The van der Waals surface area contributed by atoms with Crippen molar-refractivity contribution in [3.8, 4) is 0 Å². The maximum absolute atomic E-state index is 12.0. The third-order valence-corrected chi connectivity index (χ3v) is 5.37. The third kappa shape index (κ3) is 5.67. The number of piperidine rings is 1. The highest BCUT2D eigenvalue weighted by atomic mass is 32.2. The summed E-state index contributed by atoms with van der Waals surface area (Å²) < 4.78 is 26.7. The predicted molar refractivity (Wildman–Crippen MR) is 76.1 cm³/mol. The van der Waals surface area contributed by atoms with E-state index in [4.69, 9.17) is 0 Å². The van der Waals surface area contributed by atoms with Crippen LogP contribution in [-0.4, -0.2) is 33.3 Å². The van der Waals surface area contributed by atoms with Crippen LogP contribution in [0.4, 0.5) is 0 Å². The molecule has 0 aliphatic carbocycles. The maximum atomic E-state index is 12.0. The fourth-order valence-corrected chi connectivity index (χ4v) is 3.38. The van der Waals surface area contributed by atoms with E-state index in [-0.39, 0.29) is 17.2 Å². The van der Waals surface area contributed by atoms with Gasteiger partial charge in [-0.15, -0.1) is 0 Å². The standard InChI is InChI=1S/C13H28N2O2S/c1-11(13(2,3)4)9-15-18(16,17)10-12-7-5-6-8-14-12/h11-12,14-15H,5-10H2,1-4H3. The van der Waals surface area contributed by atoms with Gasteiger partial charge in [-0.25, -0.2) is 13.1 Å². The van der Waals surface area contributed by atoms with E-state index in [1.165, 1.54) is 0 Å². The molecule has 0 radical (unpaired) electrons. The number of rotatable bonds is 5. The van der Waals surface area contributed by atoms with Gasteiger partial charge in [0.1, 0.15) is 0 Å². The lowest BCUT2D eigenvalue weighted by Gasteiger charge is -2.28. The smallest absolute Gasteiger partial charge is 0.213 e. The zero-order valence-electron chi connectivity index (χ0n) is 12.1. The van der Waals surface area contributed by atoms with Crippen molar-refractivity contribution in [3.05, 3.63) is 0 Å². The van der Waals surface area contributed by atoms with Crippen molar-refractivity contribution in [3.63, 3.8) is 0 Å². The molecule has 4 nitrogen and oxygen atoms in total. The zero-order valence-corrected chi connectivity index (χ0v) is 12.9. The number of hydrogen-bond acceptors (Lipinski definition) is 3. The van der Waals surface area contributed by atoms with E-state index in [1.54, 1.807) is 0 Å². The summed E-state index contributed by atoms with van der Waals surface area (Å²) in [4.78, 5) is 0. The molecule has 2 atom stereocenters. The minimum atomic E-state index is -3.15. The largest absolute Gasteiger partial charge is 0.313 e. The molecule has 0 bridgehead atoms. The highest BCUT2D eigenvalue weighted by Gasteiger charge is 2.24. The van der Waals surface area contributed by atoms with Gasteiger partial charge in [0.25, 0.3) is 0 Å². The van der Waals surface area contributed by atoms with E-state index in [0.29, 0.717) is 12.5 Å². The first-order chi connectivity index (χ1) is 8.21. The second-order valence-electron chi connectivity index (χ2n) is 6.54. The molecule has 1 aliphatic heterocycles. The fraction of sp³-hybridized carbons (Fsp3) is 1.00. The van der Waals surface area contributed by atoms with Gasteiger partial charge in [-0.05, 0) is 30.7 Å². The van der Waals surface area contributed by atoms with E-state index in [0.717, 1.165) is 25.8 Å². The molecular weight excluding hydrogens is 248 g/mol. The molecule has 1 heterocycles. The van der Waals surface area contributed by atoms with Crippen molar-refractivity contribution >= 4 is 10.0 Å². The molecule has 108 valence electrons. The van der Waals surface area contributed by atoms with Gasteiger partial charge in [0.05, 0.1) is 5.75 Å². The molecule has 1 fully saturated rings. The van der Waals surface area contributed by atoms with Crippen molar-refractivity contribution in [1.82, 2.24) is 10.0 Å². The average Bonchev–Trinajstić information content (AvgIpc) is 2.25. The lowest BCUT2D eigenvalue weighted by Crippen LogP contribution is -2.44. The van der Waals surface area contributed by atoms with Crippen LogP contribution in [0.3, 0.4) is 0 Å². The van der Waals surface area contributed by atoms with Gasteiger partial charge in [0.15, 0.2) is 0 Å². The summed E-state index contributed by atoms with van der Waals surface area (Å²) >= 11 is 0. The van der Waals surface area contributed by atoms with E-state index >= 15 is 0 Å². The molecule has 0 aromatic heterocycles. The van der Waals surface area contributed by atoms with E-state index < -0.39 is 10.0 Å². The van der Waals surface area contributed by atoms with E-state index in [1.807, 2.05) is 0 Å². The van der Waals surface area contributed by atoms with E-state index in [2.05, 4.69) is 37.7 Å². The molecule has 0 aromatic carbocycles. The van der Waals surface area contributed by atoms with Gasteiger partial charge in [-0.2, -0.15) is 0 Å². The van der Waals surface area contributed by atoms with Gasteiger partial charge in [0, 0.05) is 12.6 Å². The molecule has 18 heavy (non-hydrogen) atoms. The molecule has 2 N–H and O–H groups in total. The van der Waals surface area contributed by atoms with Crippen molar-refractivity contribution in [2.75, 3.05) is 18.8 Å². The Morgan fingerprint density at radius 1 is 1.33 bits per heavy atom. The quantitative estimate of drug-likeness (QED) is 0.804. The van der Waals surface area contributed by atoms with Gasteiger partial charge >= 0.3 is 0 Å². The number of hydrogen-bond donors (Lipinski definition) is 2. The van der Waals surface area contributed by atoms with Crippen molar-refractivity contribution in [2.45, 2.75) is 53.0 Å². The first-order valence-corrected chi connectivity index (χ1v) is 8.56. The normalized spacial score (nSPS) is 23.9. The molecule has 2 unspecified atom stereocenters. The molecule has 0 spiro atoms. The molecular formula is C13H28N2O2S. The van der Waals surface area contributed by atoms with Crippen molar-refractivity contribution < 1.29 is 8.42 Å². The zero-order chi connectivity index (χ0) is 13.8. The first kappa shape index (κ1) is 15.9. The topological polar surface area (TPSA) is 58.2 Å². The second kappa shape index (κ2) is 6.35. The van der Waals surface area contributed by atoms with Crippen LogP contribution in [0.1, 0.15) is 47.0 Å². The van der Waals surface area contributed by atoms with Crippen molar-refractivity contribution in [2.24, 2.45) is 11.3 Å². The molecule has 1 aliphatic rings. The molecule has 1 rings (SSSR count). The van der Waals surface area contributed by atoms with Crippen molar-refractivity contribution in [1.29, 1.82) is 0 Å². The van der Waals surface area contributed by atoms with Crippen LogP contribution >= 0.6 is 0 Å². The average molecular weight is 276 g/mol. The first-order valence-electron chi connectivity index (χ1n) is 6.91. The summed E-state index contributed by atoms with van der Waals surface area (Å²) in [5.41, 5.74) is 0.131. The lowest BCUT2D eigenvalue weighted by atomic mass is 9.82. The summed E-state index contributed by atoms with van der Waals surface area (Å²) in [6, 6.07) is 0.126. The van der Waals surface area contributed by atoms with Gasteiger partial charge in [0.2, 0.25) is 10.0 Å². The van der Waals surface area contributed by atoms with Gasteiger partial charge in [-0.1, -0.05) is 34.1 Å². The number of nitrogens with one attached hydrogen (secondary N) is 2. The minimum absolute atomic E-state index is 0.126. The fourth-order valence-electron chi connectivity index (χ4n) is 1.95.